The van der Waals surface area contributed by atoms with Crippen molar-refractivity contribution in [2.45, 2.75) is 85.0 Å². The Morgan fingerprint density at radius 3 is 2.09 bits per heavy atom. The van der Waals surface area contributed by atoms with Crippen LogP contribution in [-0.4, -0.2) is 26.8 Å². The Balaban J connectivity index is 2.50. The average Bonchev–Trinajstić information content (AvgIpc) is 2.79. The molecule has 2 aromatic carbocycles. The van der Waals surface area contributed by atoms with Crippen LogP contribution in [-0.2, 0) is 4.79 Å². The molecule has 0 fully saturated rings. The molecule has 0 unspecified atom stereocenters. The van der Waals surface area contributed by atoms with Crippen molar-refractivity contribution in [2.24, 2.45) is 0 Å². The average molecular weight is 445 g/mol. The summed E-state index contributed by atoms with van der Waals surface area (Å²) in [5.74, 6) is 1.97. The fraction of sp³-hybridized carbons (Fsp3) is 0.593. The molecule has 0 spiro atoms. The second-order valence-corrected chi connectivity index (χ2v) is 8.52. The number of ether oxygens (including phenoxy) is 4. The SMILES string of the molecule is CCCCCCCC(=O)Oc1c(OC)c(OC)c(OCCCC)c2ccc(C(C)C)cc12. The summed E-state index contributed by atoms with van der Waals surface area (Å²) in [5, 5.41) is 1.66. The van der Waals surface area contributed by atoms with Crippen LogP contribution < -0.4 is 18.9 Å². The van der Waals surface area contributed by atoms with E-state index in [1.54, 1.807) is 14.2 Å². The minimum absolute atomic E-state index is 0.252. The van der Waals surface area contributed by atoms with Gasteiger partial charge in [0.15, 0.2) is 11.5 Å². The van der Waals surface area contributed by atoms with Crippen molar-refractivity contribution in [1.29, 1.82) is 0 Å². The van der Waals surface area contributed by atoms with E-state index in [9.17, 15) is 4.79 Å². The van der Waals surface area contributed by atoms with Gasteiger partial charge in [-0.2, -0.15) is 0 Å². The maximum Gasteiger partial charge on any atom is 0.311 e. The van der Waals surface area contributed by atoms with Gasteiger partial charge in [-0.05, 0) is 30.4 Å². The molecule has 2 aromatic rings. The lowest BCUT2D eigenvalue weighted by atomic mass is 9.97. The van der Waals surface area contributed by atoms with Crippen LogP contribution >= 0.6 is 0 Å². The molecular weight excluding hydrogens is 404 g/mol. The Labute approximate surface area is 193 Å². The molecule has 0 aliphatic carbocycles. The lowest BCUT2D eigenvalue weighted by Gasteiger charge is -2.21. The molecule has 0 N–H and O–H groups in total. The molecule has 178 valence electrons. The molecule has 5 heteroatoms. The van der Waals surface area contributed by atoms with Crippen molar-refractivity contribution in [1.82, 2.24) is 0 Å². The fourth-order valence-corrected chi connectivity index (χ4v) is 3.73. The maximum absolute atomic E-state index is 12.7. The van der Waals surface area contributed by atoms with E-state index in [4.69, 9.17) is 18.9 Å². The Bertz CT molecular complexity index is 872. The summed E-state index contributed by atoms with van der Waals surface area (Å²) in [7, 11) is 3.14. The van der Waals surface area contributed by atoms with E-state index in [1.807, 2.05) is 6.07 Å². The molecule has 0 heterocycles. The molecule has 32 heavy (non-hydrogen) atoms. The lowest BCUT2D eigenvalue weighted by Crippen LogP contribution is -2.10. The lowest BCUT2D eigenvalue weighted by molar-refractivity contribution is -0.134. The minimum atomic E-state index is -0.252. The van der Waals surface area contributed by atoms with Gasteiger partial charge in [-0.25, -0.2) is 0 Å². The smallest absolute Gasteiger partial charge is 0.311 e. The van der Waals surface area contributed by atoms with Gasteiger partial charge in [-0.3, -0.25) is 4.79 Å². The highest BCUT2D eigenvalue weighted by Gasteiger charge is 2.26. The predicted molar refractivity (Wildman–Crippen MR) is 131 cm³/mol. The van der Waals surface area contributed by atoms with Crippen LogP contribution in [0.4, 0.5) is 0 Å². The Morgan fingerprint density at radius 2 is 1.47 bits per heavy atom. The van der Waals surface area contributed by atoms with Crippen LogP contribution in [0, 0.1) is 0 Å². The first-order valence-corrected chi connectivity index (χ1v) is 12.0. The molecule has 0 amide bonds. The first kappa shape index (κ1) is 25.8. The Morgan fingerprint density at radius 1 is 0.812 bits per heavy atom. The molecule has 0 atom stereocenters. The molecule has 0 bridgehead atoms. The number of carbonyl (C=O) groups excluding carboxylic acids is 1. The summed E-state index contributed by atoms with van der Waals surface area (Å²) < 4.78 is 23.4. The molecule has 0 aliphatic heterocycles. The Hall–Kier alpha value is -2.43. The van der Waals surface area contributed by atoms with E-state index >= 15 is 0 Å². The van der Waals surface area contributed by atoms with E-state index in [2.05, 4.69) is 39.8 Å². The van der Waals surface area contributed by atoms with Gasteiger partial charge in [-0.1, -0.05) is 71.9 Å². The minimum Gasteiger partial charge on any atom is -0.490 e. The first-order valence-electron chi connectivity index (χ1n) is 12.0. The van der Waals surface area contributed by atoms with Gasteiger partial charge in [0.1, 0.15) is 0 Å². The molecule has 0 radical (unpaired) electrons. The molecule has 0 saturated heterocycles. The fourth-order valence-electron chi connectivity index (χ4n) is 3.73. The third-order valence-corrected chi connectivity index (χ3v) is 5.67. The number of esters is 1. The standard InChI is InChI=1S/C27H40O5/c1-7-9-11-12-13-14-23(28)32-25-22-18-20(19(3)4)15-16-21(22)24(31-17-10-8-2)26(29-5)27(25)30-6/h15-16,18-19H,7-14,17H2,1-6H3. The van der Waals surface area contributed by atoms with E-state index in [1.165, 1.54) is 12.8 Å². The third-order valence-electron chi connectivity index (χ3n) is 5.67. The summed E-state index contributed by atoms with van der Waals surface area (Å²) in [6, 6.07) is 6.18. The quantitative estimate of drug-likeness (QED) is 0.172. The number of unbranched alkanes of at least 4 members (excludes halogenated alkanes) is 5. The van der Waals surface area contributed by atoms with E-state index < -0.39 is 0 Å². The van der Waals surface area contributed by atoms with Crippen LogP contribution in [0.2, 0.25) is 0 Å². The number of carbonyl (C=O) groups is 1. The van der Waals surface area contributed by atoms with Crippen LogP contribution in [0.25, 0.3) is 10.8 Å². The predicted octanol–water partition coefficient (Wildman–Crippen LogP) is 7.43. The summed E-state index contributed by atoms with van der Waals surface area (Å²) in [6.07, 6.45) is 7.73. The normalized spacial score (nSPS) is 11.1. The molecule has 0 aliphatic rings. The number of methoxy groups -OCH3 is 2. The molecule has 0 aromatic heterocycles. The van der Waals surface area contributed by atoms with Crippen molar-refractivity contribution in [3.8, 4) is 23.0 Å². The molecular formula is C27H40O5. The first-order chi connectivity index (χ1) is 15.5. The number of hydrogen-bond donors (Lipinski definition) is 0. The number of benzene rings is 2. The second kappa shape index (κ2) is 13.2. The van der Waals surface area contributed by atoms with Gasteiger partial charge in [0.25, 0.3) is 0 Å². The topological polar surface area (TPSA) is 54.0 Å². The second-order valence-electron chi connectivity index (χ2n) is 8.52. The summed E-state index contributed by atoms with van der Waals surface area (Å²) in [5.41, 5.74) is 1.15. The maximum atomic E-state index is 12.7. The number of rotatable bonds is 14. The molecule has 5 nitrogen and oxygen atoms in total. The van der Waals surface area contributed by atoms with Gasteiger partial charge >= 0.3 is 5.97 Å². The zero-order valence-corrected chi connectivity index (χ0v) is 20.7. The van der Waals surface area contributed by atoms with Gasteiger partial charge < -0.3 is 18.9 Å². The monoisotopic (exact) mass is 444 g/mol. The van der Waals surface area contributed by atoms with E-state index in [0.717, 1.165) is 48.4 Å². The molecule has 2 rings (SSSR count). The zero-order chi connectivity index (χ0) is 23.5. The third kappa shape index (κ3) is 6.54. The van der Waals surface area contributed by atoms with Gasteiger partial charge in [-0.15, -0.1) is 0 Å². The summed E-state index contributed by atoms with van der Waals surface area (Å²) in [6.45, 7) is 9.16. The zero-order valence-electron chi connectivity index (χ0n) is 20.7. The molecule has 0 saturated carbocycles. The van der Waals surface area contributed by atoms with Crippen molar-refractivity contribution >= 4 is 16.7 Å². The highest BCUT2D eigenvalue weighted by Crippen LogP contribution is 2.51. The largest absolute Gasteiger partial charge is 0.490 e. The van der Waals surface area contributed by atoms with E-state index in [0.29, 0.717) is 41.9 Å². The number of fused-ring (bicyclic) bond motifs is 1. The van der Waals surface area contributed by atoms with Crippen LogP contribution in [0.1, 0.15) is 90.5 Å². The van der Waals surface area contributed by atoms with Crippen LogP contribution in [0.5, 0.6) is 23.0 Å². The van der Waals surface area contributed by atoms with Crippen LogP contribution in [0.15, 0.2) is 18.2 Å². The van der Waals surface area contributed by atoms with Crippen LogP contribution in [0.3, 0.4) is 0 Å². The van der Waals surface area contributed by atoms with Crippen molar-refractivity contribution in [2.75, 3.05) is 20.8 Å². The van der Waals surface area contributed by atoms with Gasteiger partial charge in [0, 0.05) is 17.2 Å². The Kier molecular flexibility index (Phi) is 10.6. The van der Waals surface area contributed by atoms with Gasteiger partial charge in [0.2, 0.25) is 11.5 Å². The summed E-state index contributed by atoms with van der Waals surface area (Å²) in [4.78, 5) is 12.7. The highest BCUT2D eigenvalue weighted by molar-refractivity contribution is 6.00. The van der Waals surface area contributed by atoms with Gasteiger partial charge in [0.05, 0.1) is 20.8 Å². The van der Waals surface area contributed by atoms with Crippen molar-refractivity contribution < 1.29 is 23.7 Å². The highest BCUT2D eigenvalue weighted by atomic mass is 16.6. The summed E-state index contributed by atoms with van der Waals surface area (Å²) >= 11 is 0. The number of hydrogen-bond acceptors (Lipinski definition) is 5. The van der Waals surface area contributed by atoms with E-state index in [-0.39, 0.29) is 5.97 Å². The van der Waals surface area contributed by atoms with Crippen molar-refractivity contribution in [3.05, 3.63) is 23.8 Å². The van der Waals surface area contributed by atoms with Crippen molar-refractivity contribution in [3.63, 3.8) is 0 Å².